The zero-order valence-electron chi connectivity index (χ0n) is 28.3. The summed E-state index contributed by atoms with van der Waals surface area (Å²) in [7, 11) is 0. The highest BCUT2D eigenvalue weighted by Crippen LogP contribution is 2.14. The third-order valence-corrected chi connectivity index (χ3v) is 8.24. The number of allylic oxidation sites excluding steroid dienone is 6. The molecule has 0 aliphatic heterocycles. The quantitative estimate of drug-likeness (QED) is 0.0349. The van der Waals surface area contributed by atoms with E-state index in [1.165, 1.54) is 109 Å². The first-order valence-corrected chi connectivity index (χ1v) is 18.3. The van der Waals surface area contributed by atoms with Gasteiger partial charge in [-0.25, -0.2) is 0 Å². The van der Waals surface area contributed by atoms with Crippen LogP contribution in [0.2, 0.25) is 0 Å². The van der Waals surface area contributed by atoms with E-state index in [1.54, 1.807) is 0 Å². The fraction of sp³-hybridized carbons (Fsp3) is 0.816. The summed E-state index contributed by atoms with van der Waals surface area (Å²) in [4.78, 5) is 12.3. The zero-order valence-corrected chi connectivity index (χ0v) is 28.3. The number of hydrogen-bond acceptors (Lipinski definition) is 4. The van der Waals surface area contributed by atoms with Crippen molar-refractivity contribution in [1.82, 2.24) is 5.32 Å². The minimum atomic E-state index is -1.16. The number of hydrogen-bond donors (Lipinski definition) is 4. The molecule has 0 saturated heterocycles. The standard InChI is InChI=1S/C38H71NO4/c1-3-5-7-9-11-13-15-16-17-18-19-20-21-22-23-25-27-29-31-33-37(42)39-35(34-40)38(43)36(41)32-30-28-26-24-14-12-10-8-6-4-2/h11,13,15-16,24,26,35-36,38,40-41,43H,3-10,12,14,17-23,25,27-34H2,1-2H3,(H,39,42)/b13-11-,16-15-,26-24+. The zero-order chi connectivity index (χ0) is 31.6. The molecule has 0 rings (SSSR count). The van der Waals surface area contributed by atoms with E-state index >= 15 is 0 Å². The summed E-state index contributed by atoms with van der Waals surface area (Å²) in [5.41, 5.74) is 0. The first-order valence-electron chi connectivity index (χ1n) is 18.3. The molecule has 0 radical (unpaired) electrons. The molecule has 1 amide bonds. The van der Waals surface area contributed by atoms with Crippen LogP contribution in [0.3, 0.4) is 0 Å². The van der Waals surface area contributed by atoms with E-state index in [0.29, 0.717) is 12.8 Å². The van der Waals surface area contributed by atoms with Gasteiger partial charge in [0.2, 0.25) is 5.91 Å². The molecule has 5 heteroatoms. The Labute approximate surface area is 266 Å². The Hall–Kier alpha value is -1.43. The van der Waals surface area contributed by atoms with Gasteiger partial charge in [-0.15, -0.1) is 0 Å². The summed E-state index contributed by atoms with van der Waals surface area (Å²) in [6, 6.07) is -0.825. The van der Waals surface area contributed by atoms with Crippen LogP contribution >= 0.6 is 0 Å². The average Bonchev–Trinajstić information content (AvgIpc) is 3.01. The molecule has 0 aliphatic rings. The van der Waals surface area contributed by atoms with E-state index < -0.39 is 18.2 Å². The maximum Gasteiger partial charge on any atom is 0.220 e. The highest BCUT2D eigenvalue weighted by atomic mass is 16.3. The maximum absolute atomic E-state index is 12.3. The molecule has 0 saturated carbocycles. The van der Waals surface area contributed by atoms with Crippen molar-refractivity contribution in [3.63, 3.8) is 0 Å². The molecule has 5 nitrogen and oxygen atoms in total. The van der Waals surface area contributed by atoms with Crippen molar-refractivity contribution in [2.75, 3.05) is 6.61 Å². The Morgan fingerprint density at radius 3 is 1.53 bits per heavy atom. The van der Waals surface area contributed by atoms with Gasteiger partial charge in [-0.05, 0) is 64.2 Å². The average molecular weight is 606 g/mol. The number of carbonyl (C=O) groups is 1. The summed E-state index contributed by atoms with van der Waals surface area (Å²) in [6.45, 7) is 4.09. The van der Waals surface area contributed by atoms with Crippen molar-refractivity contribution >= 4 is 5.91 Å². The molecule has 0 aromatic heterocycles. The van der Waals surface area contributed by atoms with Crippen molar-refractivity contribution in [1.29, 1.82) is 0 Å². The number of aliphatic hydroxyl groups excluding tert-OH is 3. The summed E-state index contributed by atoms with van der Waals surface area (Å²) >= 11 is 0. The van der Waals surface area contributed by atoms with Gasteiger partial charge in [-0.1, -0.05) is 140 Å². The first-order chi connectivity index (χ1) is 21.1. The topological polar surface area (TPSA) is 89.8 Å². The fourth-order valence-electron chi connectivity index (χ4n) is 5.33. The molecule has 43 heavy (non-hydrogen) atoms. The highest BCUT2D eigenvalue weighted by molar-refractivity contribution is 5.76. The fourth-order valence-corrected chi connectivity index (χ4v) is 5.33. The van der Waals surface area contributed by atoms with E-state index in [1.807, 2.05) is 0 Å². The molecule has 3 unspecified atom stereocenters. The van der Waals surface area contributed by atoms with Gasteiger partial charge in [0.05, 0.1) is 18.8 Å². The van der Waals surface area contributed by atoms with Crippen molar-refractivity contribution in [2.45, 2.75) is 193 Å². The van der Waals surface area contributed by atoms with E-state index in [4.69, 9.17) is 0 Å². The van der Waals surface area contributed by atoms with Crippen LogP contribution in [0.25, 0.3) is 0 Å². The Morgan fingerprint density at radius 2 is 1.00 bits per heavy atom. The second-order valence-electron chi connectivity index (χ2n) is 12.4. The van der Waals surface area contributed by atoms with Gasteiger partial charge in [0.15, 0.2) is 0 Å². The normalized spacial score (nSPS) is 14.3. The van der Waals surface area contributed by atoms with Gasteiger partial charge >= 0.3 is 0 Å². The second kappa shape index (κ2) is 33.5. The number of unbranched alkanes of at least 4 members (excludes halogenated alkanes) is 19. The van der Waals surface area contributed by atoms with Crippen molar-refractivity contribution < 1.29 is 20.1 Å². The molecule has 0 spiro atoms. The maximum atomic E-state index is 12.3. The molecule has 0 heterocycles. The lowest BCUT2D eigenvalue weighted by atomic mass is 10.0. The van der Waals surface area contributed by atoms with Crippen LogP contribution < -0.4 is 5.32 Å². The molecule has 0 fully saturated rings. The molecule has 0 aromatic rings. The van der Waals surface area contributed by atoms with Gasteiger partial charge in [0.25, 0.3) is 0 Å². The molecular weight excluding hydrogens is 534 g/mol. The van der Waals surface area contributed by atoms with Gasteiger partial charge in [-0.2, -0.15) is 0 Å². The van der Waals surface area contributed by atoms with Crippen LogP contribution in [-0.4, -0.2) is 46.1 Å². The number of nitrogens with one attached hydrogen (secondary N) is 1. The van der Waals surface area contributed by atoms with E-state index in [0.717, 1.165) is 38.5 Å². The number of carbonyl (C=O) groups excluding carboxylic acids is 1. The summed E-state index contributed by atoms with van der Waals surface area (Å²) < 4.78 is 0. The van der Waals surface area contributed by atoms with E-state index in [9.17, 15) is 20.1 Å². The van der Waals surface area contributed by atoms with Crippen molar-refractivity contribution in [3.05, 3.63) is 36.5 Å². The number of rotatable bonds is 32. The minimum Gasteiger partial charge on any atom is -0.394 e. The van der Waals surface area contributed by atoms with Crippen LogP contribution in [0, 0.1) is 0 Å². The molecule has 3 atom stereocenters. The van der Waals surface area contributed by atoms with Gasteiger partial charge in [0, 0.05) is 6.42 Å². The van der Waals surface area contributed by atoms with E-state index in [-0.39, 0.29) is 12.5 Å². The van der Waals surface area contributed by atoms with Crippen LogP contribution in [0.15, 0.2) is 36.5 Å². The first kappa shape index (κ1) is 41.6. The van der Waals surface area contributed by atoms with Crippen LogP contribution in [0.1, 0.15) is 174 Å². The SMILES string of the molecule is CCCCC/C=C\C=C/CCCCCCCCCCCCC(=O)NC(CO)C(O)C(O)CCC/C=C/CCCCCCC. The minimum absolute atomic E-state index is 0.162. The Bertz CT molecular complexity index is 675. The monoisotopic (exact) mass is 606 g/mol. The van der Waals surface area contributed by atoms with Crippen LogP contribution in [-0.2, 0) is 4.79 Å². The smallest absolute Gasteiger partial charge is 0.220 e. The van der Waals surface area contributed by atoms with Gasteiger partial charge < -0.3 is 20.6 Å². The molecular formula is C38H71NO4. The predicted octanol–water partition coefficient (Wildman–Crippen LogP) is 9.65. The van der Waals surface area contributed by atoms with Crippen molar-refractivity contribution in [2.24, 2.45) is 0 Å². The summed E-state index contributed by atoms with van der Waals surface area (Å²) in [5, 5.41) is 33.2. The van der Waals surface area contributed by atoms with Crippen LogP contribution in [0.4, 0.5) is 0 Å². The second-order valence-corrected chi connectivity index (χ2v) is 12.4. The summed E-state index contributed by atoms with van der Waals surface area (Å²) in [6.07, 6.45) is 39.5. The molecule has 0 aromatic carbocycles. The number of amides is 1. The third kappa shape index (κ3) is 29.1. The predicted molar refractivity (Wildman–Crippen MR) is 185 cm³/mol. The molecule has 4 N–H and O–H groups in total. The molecule has 252 valence electrons. The molecule has 0 aliphatic carbocycles. The largest absolute Gasteiger partial charge is 0.394 e. The Kier molecular flexibility index (Phi) is 32.3. The summed E-state index contributed by atoms with van der Waals surface area (Å²) in [5.74, 6) is -0.162. The third-order valence-electron chi connectivity index (χ3n) is 8.24. The lowest BCUT2D eigenvalue weighted by Gasteiger charge is -2.26. The lowest BCUT2D eigenvalue weighted by Crippen LogP contribution is -2.50. The number of aliphatic hydroxyl groups is 3. The Morgan fingerprint density at radius 1 is 0.581 bits per heavy atom. The van der Waals surface area contributed by atoms with Crippen molar-refractivity contribution in [3.8, 4) is 0 Å². The Balaban J connectivity index is 3.71. The van der Waals surface area contributed by atoms with Crippen LogP contribution in [0.5, 0.6) is 0 Å². The van der Waals surface area contributed by atoms with E-state index in [2.05, 4.69) is 55.6 Å². The highest BCUT2D eigenvalue weighted by Gasteiger charge is 2.26. The van der Waals surface area contributed by atoms with Gasteiger partial charge in [-0.3, -0.25) is 4.79 Å². The van der Waals surface area contributed by atoms with Gasteiger partial charge in [0.1, 0.15) is 6.10 Å². The molecule has 0 bridgehead atoms. The lowest BCUT2D eigenvalue weighted by molar-refractivity contribution is -0.124.